The SMILES string of the molecule is NC1CCN(C(=O)COc2cc(Cl)c(Cl)cc2Cl)CC1. The number of carbonyl (C=O) groups is 1. The van der Waals surface area contributed by atoms with E-state index in [9.17, 15) is 4.79 Å². The largest absolute Gasteiger partial charge is 0.482 e. The molecule has 0 atom stereocenters. The molecule has 2 N–H and O–H groups in total. The van der Waals surface area contributed by atoms with Crippen LogP contribution in [-0.4, -0.2) is 36.5 Å². The summed E-state index contributed by atoms with van der Waals surface area (Å²) in [6.45, 7) is 1.25. The molecule has 0 unspecified atom stereocenters. The lowest BCUT2D eigenvalue weighted by Crippen LogP contribution is -2.44. The third kappa shape index (κ3) is 3.92. The van der Waals surface area contributed by atoms with Gasteiger partial charge in [0.1, 0.15) is 5.75 Å². The highest BCUT2D eigenvalue weighted by molar-refractivity contribution is 6.43. The Morgan fingerprint density at radius 1 is 1.20 bits per heavy atom. The summed E-state index contributed by atoms with van der Waals surface area (Å²) in [5.41, 5.74) is 5.80. The minimum Gasteiger partial charge on any atom is -0.482 e. The summed E-state index contributed by atoms with van der Waals surface area (Å²) in [5.74, 6) is 0.266. The van der Waals surface area contributed by atoms with E-state index in [1.54, 1.807) is 4.90 Å². The zero-order valence-corrected chi connectivity index (χ0v) is 13.0. The fourth-order valence-electron chi connectivity index (χ4n) is 1.99. The van der Waals surface area contributed by atoms with Crippen LogP contribution in [0.3, 0.4) is 0 Å². The third-order valence-electron chi connectivity index (χ3n) is 3.22. The van der Waals surface area contributed by atoms with Crippen molar-refractivity contribution in [3.63, 3.8) is 0 Å². The molecule has 0 aliphatic carbocycles. The van der Waals surface area contributed by atoms with Crippen LogP contribution in [0.15, 0.2) is 12.1 Å². The smallest absolute Gasteiger partial charge is 0.260 e. The monoisotopic (exact) mass is 336 g/mol. The van der Waals surface area contributed by atoms with Crippen LogP contribution in [0.2, 0.25) is 15.1 Å². The van der Waals surface area contributed by atoms with Crippen LogP contribution in [0, 0.1) is 0 Å². The molecule has 20 heavy (non-hydrogen) atoms. The van der Waals surface area contributed by atoms with Crippen LogP contribution in [0.5, 0.6) is 5.75 Å². The molecular formula is C13H15Cl3N2O2. The van der Waals surface area contributed by atoms with Crippen LogP contribution in [0.25, 0.3) is 0 Å². The van der Waals surface area contributed by atoms with Crippen molar-refractivity contribution < 1.29 is 9.53 Å². The average molecular weight is 338 g/mol. The Bertz CT molecular complexity index is 503. The van der Waals surface area contributed by atoms with E-state index in [-0.39, 0.29) is 18.6 Å². The molecule has 4 nitrogen and oxygen atoms in total. The summed E-state index contributed by atoms with van der Waals surface area (Å²) in [6, 6.07) is 3.18. The average Bonchev–Trinajstić information content (AvgIpc) is 2.42. The minimum atomic E-state index is -0.0842. The summed E-state index contributed by atoms with van der Waals surface area (Å²) in [4.78, 5) is 13.7. The summed E-state index contributed by atoms with van der Waals surface area (Å²) >= 11 is 17.7. The second-order valence-corrected chi connectivity index (χ2v) is 5.93. The van der Waals surface area contributed by atoms with Gasteiger partial charge in [-0.1, -0.05) is 34.8 Å². The first-order valence-electron chi connectivity index (χ1n) is 6.28. The molecule has 0 spiro atoms. The third-order valence-corrected chi connectivity index (χ3v) is 4.24. The number of hydrogen-bond donors (Lipinski definition) is 1. The molecular weight excluding hydrogens is 323 g/mol. The van der Waals surface area contributed by atoms with Crippen molar-refractivity contribution >= 4 is 40.7 Å². The lowest BCUT2D eigenvalue weighted by Gasteiger charge is -2.30. The molecule has 7 heteroatoms. The fraction of sp³-hybridized carbons (Fsp3) is 0.462. The number of likely N-dealkylation sites (tertiary alicyclic amines) is 1. The molecule has 1 amide bonds. The number of rotatable bonds is 3. The number of benzene rings is 1. The number of halogens is 3. The van der Waals surface area contributed by atoms with Crippen LogP contribution in [0.1, 0.15) is 12.8 Å². The van der Waals surface area contributed by atoms with Gasteiger partial charge in [-0.25, -0.2) is 0 Å². The lowest BCUT2D eigenvalue weighted by molar-refractivity contribution is -0.134. The Morgan fingerprint density at radius 2 is 1.80 bits per heavy atom. The molecule has 1 aromatic rings. The van der Waals surface area contributed by atoms with Crippen molar-refractivity contribution in [2.24, 2.45) is 5.73 Å². The van der Waals surface area contributed by atoms with Crippen LogP contribution in [-0.2, 0) is 4.79 Å². The van der Waals surface area contributed by atoms with E-state index < -0.39 is 0 Å². The predicted molar refractivity (Wildman–Crippen MR) is 80.8 cm³/mol. The summed E-state index contributed by atoms with van der Waals surface area (Å²) in [6.07, 6.45) is 1.64. The number of nitrogens with two attached hydrogens (primary N) is 1. The van der Waals surface area contributed by atoms with Crippen molar-refractivity contribution in [2.75, 3.05) is 19.7 Å². The zero-order chi connectivity index (χ0) is 14.7. The van der Waals surface area contributed by atoms with Gasteiger partial charge in [0.2, 0.25) is 0 Å². The number of amides is 1. The quantitative estimate of drug-likeness (QED) is 0.863. The van der Waals surface area contributed by atoms with Crippen LogP contribution < -0.4 is 10.5 Å². The summed E-state index contributed by atoms with van der Waals surface area (Å²) in [5, 5.41) is 1.01. The number of ether oxygens (including phenoxy) is 1. The highest BCUT2D eigenvalue weighted by atomic mass is 35.5. The first-order chi connectivity index (χ1) is 9.47. The van der Waals surface area contributed by atoms with E-state index in [0.29, 0.717) is 33.9 Å². The molecule has 1 heterocycles. The van der Waals surface area contributed by atoms with E-state index in [0.717, 1.165) is 12.8 Å². The van der Waals surface area contributed by atoms with Crippen molar-refractivity contribution in [2.45, 2.75) is 18.9 Å². The van der Waals surface area contributed by atoms with Gasteiger partial charge in [-0.15, -0.1) is 0 Å². The molecule has 1 aliphatic rings. The topological polar surface area (TPSA) is 55.6 Å². The van der Waals surface area contributed by atoms with Crippen molar-refractivity contribution in [1.29, 1.82) is 0 Å². The van der Waals surface area contributed by atoms with Crippen LogP contribution in [0.4, 0.5) is 0 Å². The van der Waals surface area contributed by atoms with E-state index >= 15 is 0 Å². The predicted octanol–water partition coefficient (Wildman–Crippen LogP) is 2.98. The number of nitrogens with zero attached hydrogens (tertiary/aromatic N) is 1. The van der Waals surface area contributed by atoms with E-state index in [1.165, 1.54) is 12.1 Å². The second kappa shape index (κ2) is 6.85. The number of carbonyl (C=O) groups excluding carboxylic acids is 1. The first kappa shape index (κ1) is 15.7. The Balaban J connectivity index is 1.92. The molecule has 0 bridgehead atoms. The van der Waals surface area contributed by atoms with Gasteiger partial charge in [0.15, 0.2) is 6.61 Å². The molecule has 1 aromatic carbocycles. The minimum absolute atomic E-state index is 0.0765. The van der Waals surface area contributed by atoms with E-state index in [2.05, 4.69) is 0 Å². The summed E-state index contributed by atoms with van der Waals surface area (Å²) < 4.78 is 5.42. The van der Waals surface area contributed by atoms with Gasteiger partial charge in [0.25, 0.3) is 5.91 Å². The fourth-order valence-corrected chi connectivity index (χ4v) is 2.59. The van der Waals surface area contributed by atoms with Gasteiger partial charge < -0.3 is 15.4 Å². The van der Waals surface area contributed by atoms with Crippen molar-refractivity contribution in [1.82, 2.24) is 4.90 Å². The molecule has 1 saturated heterocycles. The molecule has 110 valence electrons. The lowest BCUT2D eigenvalue weighted by atomic mass is 10.1. The van der Waals surface area contributed by atoms with E-state index in [4.69, 9.17) is 45.3 Å². The maximum atomic E-state index is 12.0. The molecule has 1 aliphatic heterocycles. The zero-order valence-electron chi connectivity index (χ0n) is 10.7. The normalized spacial score (nSPS) is 16.3. The van der Waals surface area contributed by atoms with Gasteiger partial charge in [-0.2, -0.15) is 0 Å². The van der Waals surface area contributed by atoms with Gasteiger partial charge >= 0.3 is 0 Å². The van der Waals surface area contributed by atoms with E-state index in [1.807, 2.05) is 0 Å². The highest BCUT2D eigenvalue weighted by Gasteiger charge is 2.21. The summed E-state index contributed by atoms with van der Waals surface area (Å²) in [7, 11) is 0. The Kier molecular flexibility index (Phi) is 5.38. The molecule has 1 fully saturated rings. The Labute approximate surface area is 132 Å². The molecule has 0 aromatic heterocycles. The maximum Gasteiger partial charge on any atom is 0.260 e. The highest BCUT2D eigenvalue weighted by Crippen LogP contribution is 2.33. The first-order valence-corrected chi connectivity index (χ1v) is 7.41. The Hall–Kier alpha value is -0.680. The maximum absolute atomic E-state index is 12.0. The van der Waals surface area contributed by atoms with Crippen LogP contribution >= 0.6 is 34.8 Å². The molecule has 0 saturated carbocycles. The number of piperidine rings is 1. The Morgan fingerprint density at radius 3 is 2.45 bits per heavy atom. The number of hydrogen-bond acceptors (Lipinski definition) is 3. The van der Waals surface area contributed by atoms with Crippen molar-refractivity contribution in [3.05, 3.63) is 27.2 Å². The van der Waals surface area contributed by atoms with Crippen molar-refractivity contribution in [3.8, 4) is 5.75 Å². The van der Waals surface area contributed by atoms with Gasteiger partial charge in [0, 0.05) is 25.2 Å². The molecule has 0 radical (unpaired) electrons. The second-order valence-electron chi connectivity index (χ2n) is 4.70. The van der Waals surface area contributed by atoms with Gasteiger partial charge in [0.05, 0.1) is 15.1 Å². The molecule has 2 rings (SSSR count). The van der Waals surface area contributed by atoms with Gasteiger partial charge in [-0.3, -0.25) is 4.79 Å². The van der Waals surface area contributed by atoms with Gasteiger partial charge in [-0.05, 0) is 18.9 Å². The standard InChI is InChI=1S/C13H15Cl3N2O2/c14-9-5-11(16)12(6-10(9)15)20-7-13(19)18-3-1-8(17)2-4-18/h5-6,8H,1-4,7,17H2.